The lowest BCUT2D eigenvalue weighted by Crippen LogP contribution is -2.30. The third-order valence-corrected chi connectivity index (χ3v) is 4.20. The van der Waals surface area contributed by atoms with Crippen LogP contribution in [0.5, 0.6) is 0 Å². The second kappa shape index (κ2) is 6.81. The lowest BCUT2D eigenvalue weighted by Gasteiger charge is -2.16. The molecule has 122 valence electrons. The van der Waals surface area contributed by atoms with Crippen molar-refractivity contribution in [1.82, 2.24) is 15.3 Å². The lowest BCUT2D eigenvalue weighted by molar-refractivity contribution is 0.0952. The van der Waals surface area contributed by atoms with Crippen molar-refractivity contribution in [1.29, 1.82) is 0 Å². The maximum Gasteiger partial charge on any atom is 0.256 e. The molecule has 0 radical (unpaired) electrons. The number of nitrogens with one attached hydrogen (secondary N) is 2. The van der Waals surface area contributed by atoms with Crippen LogP contribution in [0.15, 0.2) is 23.1 Å². The van der Waals surface area contributed by atoms with E-state index in [0.717, 1.165) is 44.6 Å². The quantitative estimate of drug-likeness (QED) is 0.828. The smallest absolute Gasteiger partial charge is 0.256 e. The number of aromatic amines is 1. The number of rotatable bonds is 5. The molecular formula is C17H22N4O2. The Bertz CT molecular complexity index is 763. The van der Waals surface area contributed by atoms with Gasteiger partial charge in [0.2, 0.25) is 5.43 Å². The van der Waals surface area contributed by atoms with Crippen LogP contribution in [0.3, 0.4) is 0 Å². The van der Waals surface area contributed by atoms with E-state index < -0.39 is 0 Å². The number of aromatic nitrogens is 2. The summed E-state index contributed by atoms with van der Waals surface area (Å²) in [7, 11) is 0. The Balaban J connectivity index is 1.93. The zero-order chi connectivity index (χ0) is 16.2. The Hall–Kier alpha value is -2.37. The molecule has 0 unspecified atom stereocenters. The summed E-state index contributed by atoms with van der Waals surface area (Å²) in [6, 6.07) is 3.78. The largest absolute Gasteiger partial charge is 0.359 e. The van der Waals surface area contributed by atoms with Crippen LogP contribution in [0.4, 0.5) is 5.82 Å². The highest BCUT2D eigenvalue weighted by molar-refractivity contribution is 5.96. The minimum Gasteiger partial charge on any atom is -0.359 e. The molecule has 0 aliphatic carbocycles. The summed E-state index contributed by atoms with van der Waals surface area (Å²) in [5.74, 6) is 0.471. The average molecular weight is 314 g/mol. The SMILES string of the molecule is CCCCNC(=O)c1c[nH]c2ccc(N3CCCC3)nc2c1=O. The first-order valence-corrected chi connectivity index (χ1v) is 8.26. The van der Waals surface area contributed by atoms with Crippen molar-refractivity contribution < 1.29 is 4.79 Å². The summed E-state index contributed by atoms with van der Waals surface area (Å²) in [5.41, 5.74) is 0.800. The van der Waals surface area contributed by atoms with Crippen molar-refractivity contribution in [2.24, 2.45) is 0 Å². The minimum atomic E-state index is -0.338. The number of unbranched alkanes of at least 4 members (excludes halogenated alkanes) is 1. The highest BCUT2D eigenvalue weighted by Gasteiger charge is 2.17. The molecule has 0 bridgehead atoms. The number of anilines is 1. The van der Waals surface area contributed by atoms with Crippen molar-refractivity contribution in [2.45, 2.75) is 32.6 Å². The van der Waals surface area contributed by atoms with Gasteiger partial charge in [-0.1, -0.05) is 13.3 Å². The van der Waals surface area contributed by atoms with Crippen molar-refractivity contribution >= 4 is 22.8 Å². The molecule has 1 amide bonds. The second-order valence-electron chi connectivity index (χ2n) is 5.90. The van der Waals surface area contributed by atoms with Crippen LogP contribution in [0, 0.1) is 0 Å². The zero-order valence-corrected chi connectivity index (χ0v) is 13.4. The molecule has 2 N–H and O–H groups in total. The molecule has 3 heterocycles. The van der Waals surface area contributed by atoms with E-state index in [2.05, 4.69) is 27.1 Å². The number of H-pyrrole nitrogens is 1. The molecule has 1 fully saturated rings. The molecule has 1 aliphatic rings. The predicted octanol–water partition coefficient (Wildman–Crippen LogP) is 2.05. The molecule has 6 nitrogen and oxygen atoms in total. The molecule has 0 atom stereocenters. The third-order valence-electron chi connectivity index (χ3n) is 4.20. The standard InChI is InChI=1S/C17H22N4O2/c1-2-3-8-18-17(23)12-11-19-13-6-7-14(20-15(13)16(12)22)21-9-4-5-10-21/h6-7,11H,2-5,8-10H2,1H3,(H,18,23)(H,19,22). The number of hydrogen-bond donors (Lipinski definition) is 2. The highest BCUT2D eigenvalue weighted by Crippen LogP contribution is 2.19. The van der Waals surface area contributed by atoms with Crippen LogP contribution in [0.1, 0.15) is 43.0 Å². The van der Waals surface area contributed by atoms with Gasteiger partial charge in [0.05, 0.1) is 5.52 Å². The molecule has 6 heteroatoms. The topological polar surface area (TPSA) is 78.1 Å². The molecule has 0 aromatic carbocycles. The molecule has 2 aromatic rings. The van der Waals surface area contributed by atoms with E-state index >= 15 is 0 Å². The number of carbonyl (C=O) groups is 1. The Morgan fingerprint density at radius 2 is 2.13 bits per heavy atom. The summed E-state index contributed by atoms with van der Waals surface area (Å²) < 4.78 is 0. The van der Waals surface area contributed by atoms with E-state index in [1.807, 2.05) is 12.1 Å². The maximum atomic E-state index is 12.6. The van der Waals surface area contributed by atoms with Gasteiger partial charge in [0.1, 0.15) is 16.9 Å². The van der Waals surface area contributed by atoms with Gasteiger partial charge in [0.15, 0.2) is 0 Å². The van der Waals surface area contributed by atoms with Gasteiger partial charge in [0, 0.05) is 25.8 Å². The first-order chi connectivity index (χ1) is 11.2. The highest BCUT2D eigenvalue weighted by atomic mass is 16.2. The average Bonchev–Trinajstić information content (AvgIpc) is 3.09. The van der Waals surface area contributed by atoms with Crippen LogP contribution in [0.2, 0.25) is 0 Å². The van der Waals surface area contributed by atoms with Crippen LogP contribution < -0.4 is 15.6 Å². The van der Waals surface area contributed by atoms with Gasteiger partial charge in [-0.3, -0.25) is 9.59 Å². The zero-order valence-electron chi connectivity index (χ0n) is 13.4. The van der Waals surface area contributed by atoms with Crippen molar-refractivity contribution in [3.63, 3.8) is 0 Å². The molecule has 0 saturated carbocycles. The fourth-order valence-corrected chi connectivity index (χ4v) is 2.85. The number of fused-ring (bicyclic) bond motifs is 1. The molecule has 1 saturated heterocycles. The van der Waals surface area contributed by atoms with Crippen LogP contribution in [-0.2, 0) is 0 Å². The van der Waals surface area contributed by atoms with E-state index in [-0.39, 0.29) is 16.9 Å². The summed E-state index contributed by atoms with van der Waals surface area (Å²) in [6.45, 7) is 4.56. The number of hydrogen-bond acceptors (Lipinski definition) is 4. The van der Waals surface area contributed by atoms with E-state index in [1.165, 1.54) is 6.20 Å². The molecule has 1 aliphatic heterocycles. The number of pyridine rings is 2. The molecule has 2 aromatic heterocycles. The van der Waals surface area contributed by atoms with E-state index in [4.69, 9.17) is 0 Å². The number of amides is 1. The molecule has 23 heavy (non-hydrogen) atoms. The summed E-state index contributed by atoms with van der Waals surface area (Å²) in [6.07, 6.45) is 5.67. The Morgan fingerprint density at radius 1 is 1.35 bits per heavy atom. The van der Waals surface area contributed by atoms with Gasteiger partial charge in [0.25, 0.3) is 5.91 Å². The Labute approximate surface area is 134 Å². The van der Waals surface area contributed by atoms with Gasteiger partial charge in [-0.25, -0.2) is 4.98 Å². The minimum absolute atomic E-state index is 0.125. The molecular weight excluding hydrogens is 292 g/mol. The van der Waals surface area contributed by atoms with Crippen LogP contribution >= 0.6 is 0 Å². The van der Waals surface area contributed by atoms with Crippen LogP contribution in [0.25, 0.3) is 11.0 Å². The van der Waals surface area contributed by atoms with Crippen molar-refractivity contribution in [3.05, 3.63) is 34.1 Å². The van der Waals surface area contributed by atoms with Gasteiger partial charge < -0.3 is 15.2 Å². The molecule has 0 spiro atoms. The van der Waals surface area contributed by atoms with Gasteiger partial charge in [-0.2, -0.15) is 0 Å². The number of nitrogens with zero attached hydrogens (tertiary/aromatic N) is 2. The lowest BCUT2D eigenvalue weighted by atomic mass is 10.2. The normalized spacial score (nSPS) is 14.4. The fourth-order valence-electron chi connectivity index (χ4n) is 2.85. The summed E-state index contributed by atoms with van der Waals surface area (Å²) in [4.78, 5) is 34.4. The first-order valence-electron chi connectivity index (χ1n) is 8.26. The second-order valence-corrected chi connectivity index (χ2v) is 5.90. The maximum absolute atomic E-state index is 12.6. The number of carbonyl (C=O) groups excluding carboxylic acids is 1. The molecule has 3 rings (SSSR count). The Morgan fingerprint density at radius 3 is 2.87 bits per heavy atom. The van der Waals surface area contributed by atoms with E-state index in [9.17, 15) is 9.59 Å². The first kappa shape index (κ1) is 15.5. The van der Waals surface area contributed by atoms with Crippen molar-refractivity contribution in [2.75, 3.05) is 24.5 Å². The van der Waals surface area contributed by atoms with Crippen molar-refractivity contribution in [3.8, 4) is 0 Å². The fraction of sp³-hybridized carbons (Fsp3) is 0.471. The van der Waals surface area contributed by atoms with Gasteiger partial charge in [-0.15, -0.1) is 0 Å². The van der Waals surface area contributed by atoms with Crippen LogP contribution in [-0.4, -0.2) is 35.5 Å². The summed E-state index contributed by atoms with van der Waals surface area (Å²) in [5, 5.41) is 2.78. The van der Waals surface area contributed by atoms with E-state index in [1.54, 1.807) is 0 Å². The third kappa shape index (κ3) is 3.21. The monoisotopic (exact) mass is 314 g/mol. The Kier molecular flexibility index (Phi) is 4.60. The van der Waals surface area contributed by atoms with E-state index in [0.29, 0.717) is 17.6 Å². The van der Waals surface area contributed by atoms with Gasteiger partial charge in [-0.05, 0) is 31.4 Å². The summed E-state index contributed by atoms with van der Waals surface area (Å²) >= 11 is 0. The predicted molar refractivity (Wildman–Crippen MR) is 91.1 cm³/mol. The van der Waals surface area contributed by atoms with Gasteiger partial charge >= 0.3 is 0 Å².